The zero-order valence-corrected chi connectivity index (χ0v) is 11.5. The van der Waals surface area contributed by atoms with Crippen LogP contribution in [0.25, 0.3) is 0 Å². The molecule has 1 saturated carbocycles. The van der Waals surface area contributed by atoms with Crippen molar-refractivity contribution in [3.8, 4) is 0 Å². The predicted octanol–water partition coefficient (Wildman–Crippen LogP) is 4.04. The van der Waals surface area contributed by atoms with Gasteiger partial charge in [-0.05, 0) is 56.4 Å². The molecular formula is C16H22FNO. The van der Waals surface area contributed by atoms with Crippen molar-refractivity contribution in [1.29, 1.82) is 0 Å². The van der Waals surface area contributed by atoms with Crippen LogP contribution in [0.1, 0.15) is 44.1 Å². The molecule has 1 N–H and O–H groups in total. The molecule has 2 aliphatic rings. The Bertz CT molecular complexity index is 434. The average molecular weight is 263 g/mol. The van der Waals surface area contributed by atoms with E-state index in [1.807, 2.05) is 13.0 Å². The van der Waals surface area contributed by atoms with Gasteiger partial charge in [-0.1, -0.05) is 12.8 Å². The van der Waals surface area contributed by atoms with Crippen LogP contribution in [-0.4, -0.2) is 18.2 Å². The van der Waals surface area contributed by atoms with E-state index in [2.05, 4.69) is 5.32 Å². The van der Waals surface area contributed by atoms with Crippen molar-refractivity contribution in [2.24, 2.45) is 0 Å². The molecule has 104 valence electrons. The SMILES string of the molecule is Cc1cc(F)cc(NC2CCOC3(CCCC3)C2)c1. The lowest BCUT2D eigenvalue weighted by Crippen LogP contribution is -2.42. The first-order chi connectivity index (χ1) is 9.15. The van der Waals surface area contributed by atoms with E-state index in [-0.39, 0.29) is 11.4 Å². The van der Waals surface area contributed by atoms with E-state index in [9.17, 15) is 4.39 Å². The predicted molar refractivity (Wildman–Crippen MR) is 74.9 cm³/mol. The second-order valence-corrected chi connectivity index (χ2v) is 6.09. The summed E-state index contributed by atoms with van der Waals surface area (Å²) in [6, 6.07) is 5.57. The third-order valence-electron chi connectivity index (χ3n) is 4.42. The number of ether oxygens (including phenoxy) is 1. The summed E-state index contributed by atoms with van der Waals surface area (Å²) in [5, 5.41) is 3.49. The van der Waals surface area contributed by atoms with Crippen molar-refractivity contribution in [2.75, 3.05) is 11.9 Å². The zero-order valence-electron chi connectivity index (χ0n) is 11.5. The van der Waals surface area contributed by atoms with Crippen LogP contribution >= 0.6 is 0 Å². The van der Waals surface area contributed by atoms with Crippen LogP contribution in [0.15, 0.2) is 18.2 Å². The van der Waals surface area contributed by atoms with Crippen LogP contribution in [0.2, 0.25) is 0 Å². The van der Waals surface area contributed by atoms with Crippen LogP contribution in [0.4, 0.5) is 10.1 Å². The van der Waals surface area contributed by atoms with Crippen LogP contribution in [-0.2, 0) is 4.74 Å². The van der Waals surface area contributed by atoms with Crippen molar-refractivity contribution < 1.29 is 9.13 Å². The number of anilines is 1. The highest BCUT2D eigenvalue weighted by Gasteiger charge is 2.39. The number of hydrogen-bond donors (Lipinski definition) is 1. The topological polar surface area (TPSA) is 21.3 Å². The Hall–Kier alpha value is -1.09. The van der Waals surface area contributed by atoms with Crippen molar-refractivity contribution in [2.45, 2.75) is 57.1 Å². The largest absolute Gasteiger partial charge is 0.382 e. The average Bonchev–Trinajstić information content (AvgIpc) is 2.76. The molecule has 1 aromatic rings. The maximum absolute atomic E-state index is 13.4. The molecule has 1 aliphatic carbocycles. The summed E-state index contributed by atoms with van der Waals surface area (Å²) in [5.41, 5.74) is 1.97. The Morgan fingerprint density at radius 1 is 1.26 bits per heavy atom. The van der Waals surface area contributed by atoms with Gasteiger partial charge in [0.1, 0.15) is 5.82 Å². The first kappa shape index (κ1) is 12.9. The van der Waals surface area contributed by atoms with Crippen molar-refractivity contribution in [3.63, 3.8) is 0 Å². The maximum Gasteiger partial charge on any atom is 0.125 e. The summed E-state index contributed by atoms with van der Waals surface area (Å²) in [6.07, 6.45) is 7.01. The number of benzene rings is 1. The Morgan fingerprint density at radius 2 is 2.05 bits per heavy atom. The van der Waals surface area contributed by atoms with Gasteiger partial charge in [-0.3, -0.25) is 0 Å². The molecule has 0 aromatic heterocycles. The second-order valence-electron chi connectivity index (χ2n) is 6.09. The monoisotopic (exact) mass is 263 g/mol. The minimum Gasteiger partial charge on any atom is -0.382 e. The highest BCUT2D eigenvalue weighted by Crippen LogP contribution is 2.40. The van der Waals surface area contributed by atoms with Crippen molar-refractivity contribution in [1.82, 2.24) is 0 Å². The van der Waals surface area contributed by atoms with E-state index in [1.165, 1.54) is 25.7 Å². The summed E-state index contributed by atoms with van der Waals surface area (Å²) >= 11 is 0. The summed E-state index contributed by atoms with van der Waals surface area (Å²) in [7, 11) is 0. The summed E-state index contributed by atoms with van der Waals surface area (Å²) in [5.74, 6) is -0.162. The van der Waals surface area contributed by atoms with E-state index in [1.54, 1.807) is 12.1 Å². The Labute approximate surface area is 114 Å². The molecule has 1 saturated heterocycles. The van der Waals surface area contributed by atoms with Crippen LogP contribution < -0.4 is 5.32 Å². The van der Waals surface area contributed by atoms with Crippen LogP contribution in [0.3, 0.4) is 0 Å². The van der Waals surface area contributed by atoms with Gasteiger partial charge in [0, 0.05) is 18.3 Å². The maximum atomic E-state index is 13.4. The third-order valence-corrected chi connectivity index (χ3v) is 4.42. The van der Waals surface area contributed by atoms with Crippen LogP contribution in [0, 0.1) is 12.7 Å². The number of halogens is 1. The molecule has 1 atom stereocenters. The normalized spacial score (nSPS) is 25.7. The fraction of sp³-hybridized carbons (Fsp3) is 0.625. The number of nitrogens with one attached hydrogen (secondary N) is 1. The molecule has 1 spiro atoms. The molecule has 19 heavy (non-hydrogen) atoms. The lowest BCUT2D eigenvalue weighted by atomic mass is 9.89. The molecule has 1 aliphatic heterocycles. The lowest BCUT2D eigenvalue weighted by Gasteiger charge is -2.39. The number of hydrogen-bond acceptors (Lipinski definition) is 2. The second kappa shape index (κ2) is 5.12. The molecule has 0 radical (unpaired) electrons. The van der Waals surface area contributed by atoms with E-state index in [0.717, 1.165) is 30.7 Å². The van der Waals surface area contributed by atoms with Crippen LogP contribution in [0.5, 0.6) is 0 Å². The fourth-order valence-electron chi connectivity index (χ4n) is 3.57. The molecule has 2 fully saturated rings. The van der Waals surface area contributed by atoms with Gasteiger partial charge in [-0.2, -0.15) is 0 Å². The third kappa shape index (κ3) is 2.92. The molecule has 0 bridgehead atoms. The molecule has 1 aromatic carbocycles. The fourth-order valence-corrected chi connectivity index (χ4v) is 3.57. The first-order valence-electron chi connectivity index (χ1n) is 7.33. The molecule has 1 heterocycles. The van der Waals surface area contributed by atoms with Crippen molar-refractivity contribution in [3.05, 3.63) is 29.6 Å². The molecular weight excluding hydrogens is 241 g/mol. The van der Waals surface area contributed by atoms with E-state index < -0.39 is 0 Å². The highest BCUT2D eigenvalue weighted by atomic mass is 19.1. The summed E-state index contributed by atoms with van der Waals surface area (Å²) in [4.78, 5) is 0. The number of rotatable bonds is 2. The lowest BCUT2D eigenvalue weighted by molar-refractivity contribution is -0.0767. The van der Waals surface area contributed by atoms with Gasteiger partial charge in [-0.15, -0.1) is 0 Å². The Balaban J connectivity index is 1.69. The van der Waals surface area contributed by atoms with E-state index in [4.69, 9.17) is 4.74 Å². The Morgan fingerprint density at radius 3 is 2.79 bits per heavy atom. The van der Waals surface area contributed by atoms with Gasteiger partial charge >= 0.3 is 0 Å². The zero-order chi connectivity index (χ0) is 13.3. The highest BCUT2D eigenvalue weighted by molar-refractivity contribution is 5.47. The molecule has 1 unspecified atom stereocenters. The molecule has 0 amide bonds. The van der Waals surface area contributed by atoms with Gasteiger partial charge < -0.3 is 10.1 Å². The van der Waals surface area contributed by atoms with Gasteiger partial charge in [0.05, 0.1) is 5.60 Å². The minimum absolute atomic E-state index is 0.109. The summed E-state index contributed by atoms with van der Waals surface area (Å²) < 4.78 is 19.4. The standard InChI is InChI=1S/C16H22FNO/c1-12-8-13(17)10-15(9-12)18-14-4-7-19-16(11-14)5-2-3-6-16/h8-10,14,18H,2-7,11H2,1H3. The molecule has 3 rings (SSSR count). The quantitative estimate of drug-likeness (QED) is 0.869. The first-order valence-corrected chi connectivity index (χ1v) is 7.33. The van der Waals surface area contributed by atoms with Crippen molar-refractivity contribution >= 4 is 5.69 Å². The summed E-state index contributed by atoms with van der Waals surface area (Å²) in [6.45, 7) is 2.75. The smallest absolute Gasteiger partial charge is 0.125 e. The van der Waals surface area contributed by atoms with Gasteiger partial charge in [0.2, 0.25) is 0 Å². The van der Waals surface area contributed by atoms with E-state index in [0.29, 0.717) is 6.04 Å². The molecule has 3 heteroatoms. The van der Waals surface area contributed by atoms with Gasteiger partial charge in [0.25, 0.3) is 0 Å². The number of aryl methyl sites for hydroxylation is 1. The van der Waals surface area contributed by atoms with E-state index >= 15 is 0 Å². The molecule has 2 nitrogen and oxygen atoms in total. The van der Waals surface area contributed by atoms with Gasteiger partial charge in [-0.25, -0.2) is 4.39 Å². The Kier molecular flexibility index (Phi) is 3.48. The van der Waals surface area contributed by atoms with Gasteiger partial charge in [0.15, 0.2) is 0 Å². The minimum atomic E-state index is -0.162.